The van der Waals surface area contributed by atoms with E-state index in [0.29, 0.717) is 18.4 Å². The molecule has 0 amide bonds. The topological polar surface area (TPSA) is 43.4 Å². The zero-order valence-corrected chi connectivity index (χ0v) is 12.0. The van der Waals surface area contributed by atoms with E-state index in [1.165, 1.54) is 0 Å². The smallest absolute Gasteiger partial charge is 0.306 e. The van der Waals surface area contributed by atoms with Gasteiger partial charge in [0.15, 0.2) is 5.78 Å². The lowest BCUT2D eigenvalue weighted by Gasteiger charge is -2.07. The first-order valence-electron chi connectivity index (χ1n) is 6.81. The first-order valence-corrected chi connectivity index (χ1v) is 6.81. The van der Waals surface area contributed by atoms with Crippen molar-refractivity contribution >= 4 is 11.8 Å². The van der Waals surface area contributed by atoms with Gasteiger partial charge in [0.05, 0.1) is 6.10 Å². The second kappa shape index (κ2) is 9.86. The third-order valence-corrected chi connectivity index (χ3v) is 2.63. The van der Waals surface area contributed by atoms with Crippen LogP contribution in [-0.2, 0) is 14.3 Å². The number of carbonyl (C=O) groups is 2. The van der Waals surface area contributed by atoms with Gasteiger partial charge in [-0.25, -0.2) is 0 Å². The molecular formula is C15H26O3. The normalized spacial score (nSPS) is 10.4. The van der Waals surface area contributed by atoms with Crippen molar-refractivity contribution in [2.45, 2.75) is 71.8 Å². The highest BCUT2D eigenvalue weighted by Gasteiger charge is 2.05. The molecule has 0 aromatic rings. The Kier molecular flexibility index (Phi) is 9.25. The van der Waals surface area contributed by atoms with Crippen LogP contribution in [-0.4, -0.2) is 17.9 Å². The first kappa shape index (κ1) is 16.9. The number of Topliss-reactive ketones (excluding diaryl/α,β-unsaturated/α-hetero) is 1. The number of ketones is 1. The lowest BCUT2D eigenvalue weighted by Crippen LogP contribution is -2.10. The molecule has 0 unspecified atom stereocenters. The summed E-state index contributed by atoms with van der Waals surface area (Å²) < 4.78 is 5.04. The predicted octanol–water partition coefficient (Wildman–Crippen LogP) is 3.81. The van der Waals surface area contributed by atoms with E-state index in [0.717, 1.165) is 32.1 Å². The van der Waals surface area contributed by atoms with Crippen LogP contribution in [0.2, 0.25) is 0 Å². The molecule has 3 heteroatoms. The maximum atomic E-state index is 11.3. The molecule has 0 bridgehead atoms. The van der Waals surface area contributed by atoms with Crippen LogP contribution in [0, 0.1) is 0 Å². The SMILES string of the molecule is C=C(C)C(=O)CCCCCCCC(=O)OC(C)C. The Hall–Kier alpha value is -1.12. The molecule has 0 rings (SSSR count). The number of allylic oxidation sites excluding steroid dienone is 1. The summed E-state index contributed by atoms with van der Waals surface area (Å²) in [5, 5.41) is 0. The van der Waals surface area contributed by atoms with Crippen molar-refractivity contribution < 1.29 is 14.3 Å². The molecule has 0 radical (unpaired) electrons. The molecule has 0 heterocycles. The van der Waals surface area contributed by atoms with Crippen LogP contribution in [0.1, 0.15) is 65.7 Å². The summed E-state index contributed by atoms with van der Waals surface area (Å²) >= 11 is 0. The van der Waals surface area contributed by atoms with E-state index in [-0.39, 0.29) is 17.9 Å². The molecule has 0 aromatic heterocycles. The summed E-state index contributed by atoms with van der Waals surface area (Å²) in [4.78, 5) is 22.5. The van der Waals surface area contributed by atoms with Crippen LogP contribution in [0.25, 0.3) is 0 Å². The number of hydrogen-bond acceptors (Lipinski definition) is 3. The fourth-order valence-corrected chi connectivity index (χ4v) is 1.62. The Labute approximate surface area is 111 Å². The Morgan fingerprint density at radius 2 is 1.50 bits per heavy atom. The minimum atomic E-state index is -0.109. The second-order valence-corrected chi connectivity index (χ2v) is 5.01. The summed E-state index contributed by atoms with van der Waals surface area (Å²) in [7, 11) is 0. The van der Waals surface area contributed by atoms with Gasteiger partial charge in [-0.15, -0.1) is 0 Å². The summed E-state index contributed by atoms with van der Waals surface area (Å²) in [6, 6.07) is 0. The minimum absolute atomic E-state index is 0.0225. The van der Waals surface area contributed by atoms with Crippen molar-refractivity contribution in [3.8, 4) is 0 Å². The van der Waals surface area contributed by atoms with Gasteiger partial charge in [0.25, 0.3) is 0 Å². The van der Waals surface area contributed by atoms with Crippen molar-refractivity contribution in [3.63, 3.8) is 0 Å². The summed E-state index contributed by atoms with van der Waals surface area (Å²) in [5.74, 6) is 0.0537. The molecule has 0 saturated carbocycles. The Morgan fingerprint density at radius 3 is 2.00 bits per heavy atom. The average molecular weight is 254 g/mol. The van der Waals surface area contributed by atoms with Crippen molar-refractivity contribution in [2.75, 3.05) is 0 Å². The van der Waals surface area contributed by atoms with Gasteiger partial charge >= 0.3 is 5.97 Å². The average Bonchev–Trinajstić information content (AvgIpc) is 2.26. The molecule has 0 N–H and O–H groups in total. The summed E-state index contributed by atoms with van der Waals surface area (Å²) in [6.45, 7) is 9.09. The molecule has 0 saturated heterocycles. The maximum absolute atomic E-state index is 11.3. The van der Waals surface area contributed by atoms with Gasteiger partial charge in [-0.2, -0.15) is 0 Å². The van der Waals surface area contributed by atoms with E-state index in [4.69, 9.17) is 4.74 Å². The quantitative estimate of drug-likeness (QED) is 0.338. The lowest BCUT2D eigenvalue weighted by molar-refractivity contribution is -0.147. The molecule has 0 spiro atoms. The third kappa shape index (κ3) is 10.1. The molecule has 0 atom stereocenters. The first-order chi connectivity index (χ1) is 8.43. The highest BCUT2D eigenvalue weighted by Crippen LogP contribution is 2.10. The van der Waals surface area contributed by atoms with E-state index in [9.17, 15) is 9.59 Å². The maximum Gasteiger partial charge on any atom is 0.306 e. The van der Waals surface area contributed by atoms with Crippen molar-refractivity contribution in [1.29, 1.82) is 0 Å². The fraction of sp³-hybridized carbons (Fsp3) is 0.733. The van der Waals surface area contributed by atoms with Crippen LogP contribution in [0.5, 0.6) is 0 Å². The number of esters is 1. The minimum Gasteiger partial charge on any atom is -0.463 e. The number of unbranched alkanes of at least 4 members (excludes halogenated alkanes) is 4. The fourth-order valence-electron chi connectivity index (χ4n) is 1.62. The number of hydrogen-bond donors (Lipinski definition) is 0. The molecule has 0 aliphatic heterocycles. The van der Waals surface area contributed by atoms with Gasteiger partial charge in [0.2, 0.25) is 0 Å². The molecule has 18 heavy (non-hydrogen) atoms. The molecule has 0 aliphatic rings. The molecule has 0 aliphatic carbocycles. The van der Waals surface area contributed by atoms with Crippen LogP contribution >= 0.6 is 0 Å². The molecule has 0 fully saturated rings. The Morgan fingerprint density at radius 1 is 1.00 bits per heavy atom. The van der Waals surface area contributed by atoms with Crippen LogP contribution < -0.4 is 0 Å². The van der Waals surface area contributed by atoms with Crippen LogP contribution in [0.4, 0.5) is 0 Å². The molecule has 3 nitrogen and oxygen atoms in total. The predicted molar refractivity (Wildman–Crippen MR) is 73.4 cm³/mol. The van der Waals surface area contributed by atoms with Crippen molar-refractivity contribution in [1.82, 2.24) is 0 Å². The summed E-state index contributed by atoms with van der Waals surface area (Å²) in [5.41, 5.74) is 0.645. The van der Waals surface area contributed by atoms with Gasteiger partial charge < -0.3 is 4.74 Å². The van der Waals surface area contributed by atoms with Crippen molar-refractivity contribution in [3.05, 3.63) is 12.2 Å². The van der Waals surface area contributed by atoms with E-state index in [2.05, 4.69) is 6.58 Å². The molecular weight excluding hydrogens is 228 g/mol. The van der Waals surface area contributed by atoms with E-state index in [1.807, 2.05) is 13.8 Å². The van der Waals surface area contributed by atoms with Gasteiger partial charge in [0.1, 0.15) is 0 Å². The van der Waals surface area contributed by atoms with Gasteiger partial charge in [-0.05, 0) is 39.2 Å². The highest BCUT2D eigenvalue weighted by atomic mass is 16.5. The standard InChI is InChI=1S/C15H26O3/c1-12(2)14(16)10-8-6-5-7-9-11-15(17)18-13(3)4/h13H,1,5-11H2,2-4H3. The lowest BCUT2D eigenvalue weighted by atomic mass is 10.1. The van der Waals surface area contributed by atoms with Gasteiger partial charge in [0, 0.05) is 12.8 Å². The zero-order valence-electron chi connectivity index (χ0n) is 12.0. The second-order valence-electron chi connectivity index (χ2n) is 5.01. The Bertz CT molecular complexity index is 279. The monoisotopic (exact) mass is 254 g/mol. The molecule has 104 valence electrons. The zero-order chi connectivity index (χ0) is 14.0. The summed E-state index contributed by atoms with van der Waals surface area (Å²) in [6.07, 6.45) is 6.01. The van der Waals surface area contributed by atoms with Crippen molar-refractivity contribution in [2.24, 2.45) is 0 Å². The van der Waals surface area contributed by atoms with Gasteiger partial charge in [-0.3, -0.25) is 9.59 Å². The van der Waals surface area contributed by atoms with Crippen LogP contribution in [0.3, 0.4) is 0 Å². The number of ether oxygens (including phenoxy) is 1. The van der Waals surface area contributed by atoms with Gasteiger partial charge in [-0.1, -0.05) is 25.8 Å². The third-order valence-electron chi connectivity index (χ3n) is 2.63. The largest absolute Gasteiger partial charge is 0.463 e. The van der Waals surface area contributed by atoms with E-state index >= 15 is 0 Å². The highest BCUT2D eigenvalue weighted by molar-refractivity contribution is 5.93. The molecule has 0 aromatic carbocycles. The number of carbonyl (C=O) groups excluding carboxylic acids is 2. The van der Waals surface area contributed by atoms with Crippen LogP contribution in [0.15, 0.2) is 12.2 Å². The van der Waals surface area contributed by atoms with E-state index < -0.39 is 0 Å². The Balaban J connectivity index is 3.34. The number of rotatable bonds is 10. The van der Waals surface area contributed by atoms with E-state index in [1.54, 1.807) is 6.92 Å².